The van der Waals surface area contributed by atoms with Gasteiger partial charge in [-0.05, 0) is 12.8 Å². The molecule has 0 fully saturated rings. The first-order chi connectivity index (χ1) is 7.20. The topological polar surface area (TPSA) is 43.4 Å². The number of ketones is 1. The Hall–Kier alpha value is -1.12. The smallest absolute Gasteiger partial charge is 0.313 e. The molecule has 3 nitrogen and oxygen atoms in total. The second kappa shape index (κ2) is 9.44. The maximum Gasteiger partial charge on any atom is 0.313 e. The number of unbranched alkanes of at least 4 members (excludes halogenated alkanes) is 1. The highest BCUT2D eigenvalue weighted by molar-refractivity contribution is 5.95. The summed E-state index contributed by atoms with van der Waals surface area (Å²) >= 11 is 0. The molecule has 0 heterocycles. The van der Waals surface area contributed by atoms with Crippen LogP contribution < -0.4 is 0 Å². The van der Waals surface area contributed by atoms with Crippen LogP contribution in [-0.2, 0) is 14.3 Å². The van der Waals surface area contributed by atoms with Crippen LogP contribution in [0.3, 0.4) is 0 Å². The third-order valence-electron chi connectivity index (χ3n) is 1.83. The zero-order valence-corrected chi connectivity index (χ0v) is 9.62. The lowest BCUT2D eigenvalue weighted by molar-refractivity contribution is -0.144. The fourth-order valence-corrected chi connectivity index (χ4v) is 1.07. The average Bonchev–Trinajstić information content (AvgIpc) is 2.17. The SMILES string of the molecule is CCC/C=C\COC(=O)CC(=O)CCC. The Bertz CT molecular complexity index is 219. The van der Waals surface area contributed by atoms with Gasteiger partial charge in [0.2, 0.25) is 0 Å². The van der Waals surface area contributed by atoms with Crippen molar-refractivity contribution in [1.82, 2.24) is 0 Å². The highest BCUT2D eigenvalue weighted by Crippen LogP contribution is 1.97. The van der Waals surface area contributed by atoms with E-state index in [1.165, 1.54) is 0 Å². The summed E-state index contributed by atoms with van der Waals surface area (Å²) in [4.78, 5) is 22.2. The molecule has 0 amide bonds. The number of carbonyl (C=O) groups excluding carboxylic acids is 2. The van der Waals surface area contributed by atoms with E-state index in [9.17, 15) is 9.59 Å². The van der Waals surface area contributed by atoms with Crippen molar-refractivity contribution in [3.05, 3.63) is 12.2 Å². The summed E-state index contributed by atoms with van der Waals surface area (Å²) in [5.74, 6) is -0.463. The van der Waals surface area contributed by atoms with Crippen molar-refractivity contribution in [3.8, 4) is 0 Å². The van der Waals surface area contributed by atoms with E-state index in [4.69, 9.17) is 4.74 Å². The molecule has 0 atom stereocenters. The average molecular weight is 212 g/mol. The minimum absolute atomic E-state index is 0.0416. The molecule has 0 aromatic rings. The molecule has 0 unspecified atom stereocenters. The third-order valence-corrected chi connectivity index (χ3v) is 1.83. The van der Waals surface area contributed by atoms with E-state index < -0.39 is 5.97 Å². The first-order valence-corrected chi connectivity index (χ1v) is 5.53. The fraction of sp³-hybridized carbons (Fsp3) is 0.667. The highest BCUT2D eigenvalue weighted by Gasteiger charge is 2.08. The van der Waals surface area contributed by atoms with Gasteiger partial charge in [-0.3, -0.25) is 9.59 Å². The quantitative estimate of drug-likeness (QED) is 0.353. The summed E-state index contributed by atoms with van der Waals surface area (Å²) < 4.78 is 4.86. The van der Waals surface area contributed by atoms with E-state index in [0.717, 1.165) is 19.3 Å². The van der Waals surface area contributed by atoms with Gasteiger partial charge < -0.3 is 4.74 Å². The Kier molecular flexibility index (Phi) is 8.73. The van der Waals surface area contributed by atoms with Crippen molar-refractivity contribution in [2.75, 3.05) is 6.61 Å². The molecule has 3 heteroatoms. The van der Waals surface area contributed by atoms with Gasteiger partial charge in [0.25, 0.3) is 0 Å². The van der Waals surface area contributed by atoms with Gasteiger partial charge in [-0.25, -0.2) is 0 Å². The Morgan fingerprint density at radius 2 is 1.87 bits per heavy atom. The number of ether oxygens (including phenoxy) is 1. The van der Waals surface area contributed by atoms with Crippen molar-refractivity contribution in [3.63, 3.8) is 0 Å². The van der Waals surface area contributed by atoms with Crippen molar-refractivity contribution in [1.29, 1.82) is 0 Å². The molecule has 0 saturated carbocycles. The van der Waals surface area contributed by atoms with Crippen molar-refractivity contribution >= 4 is 11.8 Å². The second-order valence-electron chi connectivity index (χ2n) is 3.41. The Morgan fingerprint density at radius 3 is 2.47 bits per heavy atom. The fourth-order valence-electron chi connectivity index (χ4n) is 1.07. The predicted octanol–water partition coefficient (Wildman–Crippen LogP) is 2.65. The molecule has 0 spiro atoms. The number of allylic oxidation sites excluding steroid dienone is 1. The summed E-state index contributed by atoms with van der Waals surface area (Å²) in [6, 6.07) is 0. The number of hydrogen-bond donors (Lipinski definition) is 0. The van der Waals surface area contributed by atoms with E-state index >= 15 is 0 Å². The van der Waals surface area contributed by atoms with Crippen LogP contribution in [0.15, 0.2) is 12.2 Å². The summed E-state index contributed by atoms with van der Waals surface area (Å²) in [5.41, 5.74) is 0. The van der Waals surface area contributed by atoms with Crippen LogP contribution >= 0.6 is 0 Å². The van der Waals surface area contributed by atoms with Crippen molar-refractivity contribution in [2.24, 2.45) is 0 Å². The van der Waals surface area contributed by atoms with Crippen LogP contribution in [0, 0.1) is 0 Å². The summed E-state index contributed by atoms with van der Waals surface area (Å²) in [6.07, 6.45) is 7.01. The van der Waals surface area contributed by atoms with E-state index in [1.54, 1.807) is 0 Å². The van der Waals surface area contributed by atoms with Crippen LogP contribution in [0.4, 0.5) is 0 Å². The molecule has 0 radical (unpaired) electrons. The molecular formula is C12H20O3. The van der Waals surface area contributed by atoms with Gasteiger partial charge in [0, 0.05) is 6.42 Å². The molecule has 0 N–H and O–H groups in total. The molecule has 0 aromatic carbocycles. The van der Waals surface area contributed by atoms with Gasteiger partial charge in [0.15, 0.2) is 0 Å². The molecular weight excluding hydrogens is 192 g/mol. The summed E-state index contributed by atoms with van der Waals surface area (Å²) in [5, 5.41) is 0. The predicted molar refractivity (Wildman–Crippen MR) is 59.5 cm³/mol. The van der Waals surface area contributed by atoms with Crippen LogP contribution in [0.5, 0.6) is 0 Å². The summed E-state index contributed by atoms with van der Waals surface area (Å²) in [7, 11) is 0. The van der Waals surface area contributed by atoms with E-state index in [1.807, 2.05) is 19.1 Å². The normalized spacial score (nSPS) is 10.5. The molecule has 0 saturated heterocycles. The second-order valence-corrected chi connectivity index (χ2v) is 3.41. The molecule has 0 aliphatic carbocycles. The van der Waals surface area contributed by atoms with Gasteiger partial charge in [-0.1, -0.05) is 32.4 Å². The van der Waals surface area contributed by atoms with Crippen molar-refractivity contribution in [2.45, 2.75) is 46.0 Å². The van der Waals surface area contributed by atoms with E-state index in [2.05, 4.69) is 6.92 Å². The molecule has 86 valence electrons. The maximum absolute atomic E-state index is 11.1. The number of rotatable bonds is 8. The number of carbonyl (C=O) groups is 2. The molecule has 0 bridgehead atoms. The number of Topliss-reactive ketones (excluding diaryl/α,β-unsaturated/α-hetero) is 1. The molecule has 0 aliphatic heterocycles. The minimum Gasteiger partial charge on any atom is -0.461 e. The van der Waals surface area contributed by atoms with Gasteiger partial charge in [0.1, 0.15) is 18.8 Å². The lowest BCUT2D eigenvalue weighted by Gasteiger charge is -2.00. The maximum atomic E-state index is 11.1. The van der Waals surface area contributed by atoms with E-state index in [0.29, 0.717) is 6.42 Å². The van der Waals surface area contributed by atoms with Crippen LogP contribution in [0.25, 0.3) is 0 Å². The first-order valence-electron chi connectivity index (χ1n) is 5.53. The van der Waals surface area contributed by atoms with Gasteiger partial charge in [-0.15, -0.1) is 0 Å². The Morgan fingerprint density at radius 1 is 1.13 bits per heavy atom. The largest absolute Gasteiger partial charge is 0.461 e. The highest BCUT2D eigenvalue weighted by atomic mass is 16.5. The molecule has 0 rings (SSSR count). The van der Waals surface area contributed by atoms with Gasteiger partial charge >= 0.3 is 5.97 Å². The third kappa shape index (κ3) is 9.19. The standard InChI is InChI=1S/C12H20O3/c1-3-5-6-7-9-15-12(14)10-11(13)8-4-2/h6-7H,3-5,8-10H2,1-2H3/b7-6-. The van der Waals surface area contributed by atoms with Gasteiger partial charge in [-0.2, -0.15) is 0 Å². The minimum atomic E-state index is -0.422. The number of esters is 1. The van der Waals surface area contributed by atoms with E-state index in [-0.39, 0.29) is 18.8 Å². The Balaban J connectivity index is 3.53. The number of hydrogen-bond acceptors (Lipinski definition) is 3. The Labute approximate surface area is 91.5 Å². The summed E-state index contributed by atoms with van der Waals surface area (Å²) in [6.45, 7) is 4.27. The van der Waals surface area contributed by atoms with Crippen LogP contribution in [-0.4, -0.2) is 18.4 Å². The van der Waals surface area contributed by atoms with Gasteiger partial charge in [0.05, 0.1) is 0 Å². The zero-order valence-electron chi connectivity index (χ0n) is 9.62. The molecule has 0 aromatic heterocycles. The van der Waals surface area contributed by atoms with Crippen molar-refractivity contribution < 1.29 is 14.3 Å². The van der Waals surface area contributed by atoms with Crippen LogP contribution in [0.1, 0.15) is 46.0 Å². The molecule has 0 aliphatic rings. The molecule has 15 heavy (non-hydrogen) atoms. The zero-order chi connectivity index (χ0) is 11.5. The van der Waals surface area contributed by atoms with Crippen LogP contribution in [0.2, 0.25) is 0 Å². The first kappa shape index (κ1) is 13.9. The lowest BCUT2D eigenvalue weighted by Crippen LogP contribution is -2.10. The monoisotopic (exact) mass is 212 g/mol. The lowest BCUT2D eigenvalue weighted by atomic mass is 10.2.